The Labute approximate surface area is 97.3 Å². The number of carbonyl (C=O) groups excluding carboxylic acids is 1. The summed E-state index contributed by atoms with van der Waals surface area (Å²) in [5, 5.41) is 13.2. The fraction of sp³-hybridized carbons (Fsp3) is 0.455. The Morgan fingerprint density at radius 1 is 1.56 bits per heavy atom. The van der Waals surface area contributed by atoms with Crippen LogP contribution in [0.4, 0.5) is 5.69 Å². The molecule has 0 saturated heterocycles. The van der Waals surface area contributed by atoms with Gasteiger partial charge < -0.3 is 10.4 Å². The van der Waals surface area contributed by atoms with E-state index in [1.54, 1.807) is 11.4 Å². The number of amides is 1. The Hall–Kier alpha value is -1.36. The van der Waals surface area contributed by atoms with E-state index in [1.807, 2.05) is 13.8 Å². The van der Waals surface area contributed by atoms with Crippen molar-refractivity contribution in [1.29, 1.82) is 0 Å². The number of hydrogen-bond acceptors (Lipinski definition) is 3. The van der Waals surface area contributed by atoms with Gasteiger partial charge in [-0.15, -0.1) is 11.3 Å². The topological polar surface area (TPSA) is 66.4 Å². The Balaban J connectivity index is 2.07. The number of hydrogen-bond donors (Lipinski definition) is 2. The molecule has 0 radical (unpaired) electrons. The number of anilines is 1. The molecule has 0 aromatic carbocycles. The van der Waals surface area contributed by atoms with Crippen molar-refractivity contribution in [2.45, 2.75) is 20.3 Å². The molecule has 1 aliphatic carbocycles. The lowest BCUT2D eigenvalue weighted by atomic mass is 10.1. The Morgan fingerprint density at radius 3 is 2.69 bits per heavy atom. The monoisotopic (exact) mass is 239 g/mol. The molecule has 1 heterocycles. The van der Waals surface area contributed by atoms with E-state index in [-0.39, 0.29) is 22.1 Å². The van der Waals surface area contributed by atoms with Gasteiger partial charge in [0.05, 0.1) is 5.69 Å². The van der Waals surface area contributed by atoms with Crippen molar-refractivity contribution in [3.05, 3.63) is 16.3 Å². The Morgan fingerprint density at radius 2 is 2.19 bits per heavy atom. The number of carbonyl (C=O) groups is 2. The summed E-state index contributed by atoms with van der Waals surface area (Å²) >= 11 is 1.12. The van der Waals surface area contributed by atoms with Crippen LogP contribution in [-0.4, -0.2) is 17.0 Å². The van der Waals surface area contributed by atoms with E-state index in [0.29, 0.717) is 5.69 Å². The molecule has 4 nitrogen and oxygen atoms in total. The fourth-order valence-electron chi connectivity index (χ4n) is 1.71. The van der Waals surface area contributed by atoms with Crippen LogP contribution in [0.5, 0.6) is 0 Å². The van der Waals surface area contributed by atoms with Gasteiger partial charge in [0.25, 0.3) is 0 Å². The third-order valence-corrected chi connectivity index (χ3v) is 3.85. The van der Waals surface area contributed by atoms with Gasteiger partial charge >= 0.3 is 5.97 Å². The van der Waals surface area contributed by atoms with Crippen molar-refractivity contribution in [3.8, 4) is 0 Å². The Bertz CT molecular complexity index is 450. The minimum absolute atomic E-state index is 0.00837. The average molecular weight is 239 g/mol. The van der Waals surface area contributed by atoms with Gasteiger partial charge in [-0.05, 0) is 23.3 Å². The van der Waals surface area contributed by atoms with Gasteiger partial charge in [-0.1, -0.05) is 13.8 Å². The highest BCUT2D eigenvalue weighted by molar-refractivity contribution is 7.12. The van der Waals surface area contributed by atoms with E-state index in [9.17, 15) is 9.59 Å². The average Bonchev–Trinajstić information content (AvgIpc) is 2.61. The molecule has 1 aromatic heterocycles. The van der Waals surface area contributed by atoms with E-state index in [0.717, 1.165) is 17.8 Å². The molecule has 1 saturated carbocycles. The molecule has 0 bridgehead atoms. The first-order valence-electron chi connectivity index (χ1n) is 5.03. The molecule has 1 aromatic rings. The van der Waals surface area contributed by atoms with E-state index >= 15 is 0 Å². The van der Waals surface area contributed by atoms with Gasteiger partial charge in [-0.25, -0.2) is 4.79 Å². The minimum Gasteiger partial charge on any atom is -0.477 e. The van der Waals surface area contributed by atoms with Crippen LogP contribution in [0.3, 0.4) is 0 Å². The van der Waals surface area contributed by atoms with Crippen molar-refractivity contribution in [2.75, 3.05) is 5.32 Å². The maximum Gasteiger partial charge on any atom is 0.348 e. The normalized spacial score (nSPS) is 21.5. The number of carboxylic acids is 1. The molecule has 1 atom stereocenters. The second-order valence-corrected chi connectivity index (χ2v) is 5.62. The number of nitrogens with one attached hydrogen (secondary N) is 1. The predicted molar refractivity (Wildman–Crippen MR) is 61.8 cm³/mol. The number of carboxylic acid groups (broad SMARTS) is 1. The van der Waals surface area contributed by atoms with Crippen molar-refractivity contribution in [3.63, 3.8) is 0 Å². The molecule has 1 amide bonds. The molecule has 2 rings (SSSR count). The summed E-state index contributed by atoms with van der Waals surface area (Å²) in [6.45, 7) is 4.06. The summed E-state index contributed by atoms with van der Waals surface area (Å²) in [5.41, 5.74) is 0.467. The zero-order valence-corrected chi connectivity index (χ0v) is 9.93. The molecule has 2 N–H and O–H groups in total. The number of aromatic carboxylic acids is 1. The minimum atomic E-state index is -1.000. The summed E-state index contributed by atoms with van der Waals surface area (Å²) in [5.74, 6) is -1.07. The summed E-state index contributed by atoms with van der Waals surface area (Å²) in [6.07, 6.45) is 0.866. The first kappa shape index (κ1) is 11.1. The predicted octanol–water partition coefficient (Wildman–Crippen LogP) is 2.43. The lowest BCUT2D eigenvalue weighted by Gasteiger charge is -2.05. The van der Waals surface area contributed by atoms with E-state index < -0.39 is 5.97 Å². The smallest absolute Gasteiger partial charge is 0.348 e. The molecule has 16 heavy (non-hydrogen) atoms. The molecule has 5 heteroatoms. The van der Waals surface area contributed by atoms with Crippen LogP contribution >= 0.6 is 11.3 Å². The van der Waals surface area contributed by atoms with Crippen molar-refractivity contribution >= 4 is 28.9 Å². The van der Waals surface area contributed by atoms with Gasteiger partial charge in [-0.2, -0.15) is 0 Å². The lowest BCUT2D eigenvalue weighted by molar-refractivity contribution is -0.117. The zero-order valence-electron chi connectivity index (χ0n) is 9.11. The van der Waals surface area contributed by atoms with Crippen LogP contribution in [0, 0.1) is 11.3 Å². The van der Waals surface area contributed by atoms with Gasteiger partial charge in [0.15, 0.2) is 0 Å². The first-order valence-corrected chi connectivity index (χ1v) is 5.91. The van der Waals surface area contributed by atoms with Gasteiger partial charge in [0.2, 0.25) is 5.91 Å². The molecule has 1 unspecified atom stereocenters. The summed E-state index contributed by atoms with van der Waals surface area (Å²) in [6, 6.07) is 1.63. The van der Waals surface area contributed by atoms with Crippen LogP contribution in [-0.2, 0) is 4.79 Å². The van der Waals surface area contributed by atoms with E-state index in [4.69, 9.17) is 5.11 Å². The van der Waals surface area contributed by atoms with Crippen LogP contribution in [0.1, 0.15) is 29.9 Å². The third kappa shape index (κ3) is 1.95. The highest BCUT2D eigenvalue weighted by atomic mass is 32.1. The van der Waals surface area contributed by atoms with Gasteiger partial charge in [0, 0.05) is 5.92 Å². The molecule has 0 aliphatic heterocycles. The summed E-state index contributed by atoms with van der Waals surface area (Å²) in [4.78, 5) is 22.8. The fourth-order valence-corrected chi connectivity index (χ4v) is 2.39. The summed E-state index contributed by atoms with van der Waals surface area (Å²) in [7, 11) is 0. The molecule has 86 valence electrons. The number of rotatable bonds is 3. The molecular weight excluding hydrogens is 226 g/mol. The third-order valence-electron chi connectivity index (χ3n) is 2.95. The van der Waals surface area contributed by atoms with Gasteiger partial charge in [-0.3, -0.25) is 4.79 Å². The number of thiophene rings is 1. The second-order valence-electron chi connectivity index (χ2n) is 4.70. The van der Waals surface area contributed by atoms with Gasteiger partial charge in [0.1, 0.15) is 4.88 Å². The molecular formula is C11H13NO3S. The molecule has 1 fully saturated rings. The van der Waals surface area contributed by atoms with E-state index in [1.165, 1.54) is 0 Å². The maximum absolute atomic E-state index is 11.8. The maximum atomic E-state index is 11.8. The SMILES string of the molecule is CC1(C)CC1C(=O)Nc1ccsc1C(=O)O. The van der Waals surface area contributed by atoms with Crippen LogP contribution in [0.2, 0.25) is 0 Å². The lowest BCUT2D eigenvalue weighted by Crippen LogP contribution is -2.17. The highest BCUT2D eigenvalue weighted by Crippen LogP contribution is 2.52. The quantitative estimate of drug-likeness (QED) is 0.851. The summed E-state index contributed by atoms with van der Waals surface area (Å²) < 4.78 is 0. The van der Waals surface area contributed by atoms with Crippen LogP contribution in [0.25, 0.3) is 0 Å². The zero-order chi connectivity index (χ0) is 11.9. The largest absolute Gasteiger partial charge is 0.477 e. The van der Waals surface area contributed by atoms with Crippen LogP contribution < -0.4 is 5.32 Å². The van der Waals surface area contributed by atoms with Crippen molar-refractivity contribution in [2.24, 2.45) is 11.3 Å². The van der Waals surface area contributed by atoms with E-state index in [2.05, 4.69) is 5.32 Å². The van der Waals surface area contributed by atoms with Crippen LogP contribution in [0.15, 0.2) is 11.4 Å². The first-order chi connectivity index (χ1) is 7.42. The second kappa shape index (κ2) is 3.59. The van der Waals surface area contributed by atoms with Crippen molar-refractivity contribution in [1.82, 2.24) is 0 Å². The molecule has 1 aliphatic rings. The standard InChI is InChI=1S/C11H13NO3S/c1-11(2)5-6(11)9(13)12-7-3-4-16-8(7)10(14)15/h3-4,6H,5H2,1-2H3,(H,12,13)(H,14,15). The Kier molecular flexibility index (Phi) is 2.50. The highest BCUT2D eigenvalue weighted by Gasteiger charge is 2.50. The molecule has 0 spiro atoms. The van der Waals surface area contributed by atoms with Crippen molar-refractivity contribution < 1.29 is 14.7 Å².